The lowest BCUT2D eigenvalue weighted by molar-refractivity contribution is -0.127. The predicted octanol–water partition coefficient (Wildman–Crippen LogP) is 5.69. The van der Waals surface area contributed by atoms with Crippen LogP contribution in [0.5, 0.6) is 0 Å². The van der Waals surface area contributed by atoms with Gasteiger partial charge in [0.15, 0.2) is 0 Å². The molecule has 1 aliphatic carbocycles. The van der Waals surface area contributed by atoms with E-state index in [1.165, 1.54) is 0 Å². The van der Waals surface area contributed by atoms with Crippen LogP contribution in [0.4, 0.5) is 5.69 Å². The zero-order chi connectivity index (χ0) is 22.3. The van der Waals surface area contributed by atoms with Crippen molar-refractivity contribution in [3.63, 3.8) is 0 Å². The molecule has 1 unspecified atom stereocenters. The Hall–Kier alpha value is -2.92. The SMILES string of the molecule is CCc1ccccc1N(C(=O)Cc1cccs1)C(C(=O)NC1CCCC1)c1ccccc1. The van der Waals surface area contributed by atoms with Crippen molar-refractivity contribution in [2.75, 3.05) is 4.90 Å². The molecule has 1 aromatic heterocycles. The second kappa shape index (κ2) is 10.6. The van der Waals surface area contributed by atoms with E-state index < -0.39 is 6.04 Å². The Morgan fingerprint density at radius 1 is 1.00 bits per heavy atom. The predicted molar refractivity (Wildman–Crippen MR) is 131 cm³/mol. The van der Waals surface area contributed by atoms with Crippen molar-refractivity contribution in [2.24, 2.45) is 0 Å². The van der Waals surface area contributed by atoms with E-state index in [1.807, 2.05) is 72.1 Å². The van der Waals surface area contributed by atoms with Gasteiger partial charge in [-0.05, 0) is 47.9 Å². The van der Waals surface area contributed by atoms with Gasteiger partial charge in [-0.25, -0.2) is 0 Å². The second-order valence-corrected chi connectivity index (χ2v) is 9.34. The average molecular weight is 447 g/mol. The number of rotatable bonds is 8. The lowest BCUT2D eigenvalue weighted by Crippen LogP contribution is -2.47. The maximum absolute atomic E-state index is 13.8. The number of para-hydroxylation sites is 1. The monoisotopic (exact) mass is 446 g/mol. The highest BCUT2D eigenvalue weighted by Crippen LogP contribution is 2.32. The van der Waals surface area contributed by atoms with Crippen LogP contribution < -0.4 is 10.2 Å². The molecule has 1 aliphatic rings. The third-order valence-electron chi connectivity index (χ3n) is 6.13. The molecule has 4 nitrogen and oxygen atoms in total. The molecule has 1 N–H and O–H groups in total. The van der Waals surface area contributed by atoms with E-state index in [2.05, 4.69) is 12.2 Å². The molecule has 0 spiro atoms. The molecule has 0 radical (unpaired) electrons. The molecule has 3 aromatic rings. The summed E-state index contributed by atoms with van der Waals surface area (Å²) in [5, 5.41) is 5.23. The number of nitrogens with one attached hydrogen (secondary N) is 1. The second-order valence-electron chi connectivity index (χ2n) is 8.31. The van der Waals surface area contributed by atoms with Crippen LogP contribution in [0.15, 0.2) is 72.1 Å². The number of hydrogen-bond donors (Lipinski definition) is 1. The van der Waals surface area contributed by atoms with Gasteiger partial charge in [-0.15, -0.1) is 11.3 Å². The summed E-state index contributed by atoms with van der Waals surface area (Å²) < 4.78 is 0. The van der Waals surface area contributed by atoms with Gasteiger partial charge in [-0.2, -0.15) is 0 Å². The standard InChI is InChI=1S/C27H30N2O2S/c1-2-20-11-6-9-17-24(20)29(25(30)19-23-16-10-18-32-23)26(21-12-4-3-5-13-21)27(31)28-22-14-7-8-15-22/h3-6,9-13,16-18,22,26H,2,7-8,14-15,19H2,1H3,(H,28,31). The molecule has 2 amide bonds. The van der Waals surface area contributed by atoms with E-state index in [-0.39, 0.29) is 24.3 Å². The molecule has 1 heterocycles. The quantitative estimate of drug-likeness (QED) is 0.483. The van der Waals surface area contributed by atoms with Crippen LogP contribution in [-0.2, 0) is 22.4 Å². The summed E-state index contributed by atoms with van der Waals surface area (Å²) in [6.45, 7) is 2.08. The molecular formula is C27H30N2O2S. The number of nitrogens with zero attached hydrogens (tertiary/aromatic N) is 1. The van der Waals surface area contributed by atoms with Crippen LogP contribution in [-0.4, -0.2) is 17.9 Å². The molecule has 1 fully saturated rings. The molecule has 1 atom stereocenters. The number of hydrogen-bond acceptors (Lipinski definition) is 3. The van der Waals surface area contributed by atoms with Crippen LogP contribution in [0, 0.1) is 0 Å². The maximum atomic E-state index is 13.8. The van der Waals surface area contributed by atoms with Gasteiger partial charge in [0.05, 0.1) is 6.42 Å². The van der Waals surface area contributed by atoms with E-state index in [0.29, 0.717) is 0 Å². The third kappa shape index (κ3) is 5.10. The molecule has 2 aromatic carbocycles. The number of aryl methyl sites for hydroxylation is 1. The van der Waals surface area contributed by atoms with E-state index in [4.69, 9.17) is 0 Å². The summed E-state index contributed by atoms with van der Waals surface area (Å²) in [7, 11) is 0. The summed E-state index contributed by atoms with van der Waals surface area (Å²) in [4.78, 5) is 30.2. The summed E-state index contributed by atoms with van der Waals surface area (Å²) in [6, 6.07) is 21.0. The third-order valence-corrected chi connectivity index (χ3v) is 7.01. The highest BCUT2D eigenvalue weighted by molar-refractivity contribution is 7.10. The van der Waals surface area contributed by atoms with Crippen molar-refractivity contribution in [2.45, 2.75) is 57.5 Å². The van der Waals surface area contributed by atoms with Gasteiger partial charge in [0.1, 0.15) is 6.04 Å². The van der Waals surface area contributed by atoms with Crippen LogP contribution in [0.25, 0.3) is 0 Å². The van der Waals surface area contributed by atoms with Crippen molar-refractivity contribution in [3.8, 4) is 0 Å². The Morgan fingerprint density at radius 3 is 2.41 bits per heavy atom. The van der Waals surface area contributed by atoms with Gasteiger partial charge < -0.3 is 5.32 Å². The normalized spacial score (nSPS) is 14.8. The minimum atomic E-state index is -0.711. The summed E-state index contributed by atoms with van der Waals surface area (Å²) in [5.74, 6) is -0.169. The average Bonchev–Trinajstić information content (AvgIpc) is 3.52. The van der Waals surface area contributed by atoms with Gasteiger partial charge in [-0.1, -0.05) is 74.4 Å². The van der Waals surface area contributed by atoms with Gasteiger partial charge >= 0.3 is 0 Å². The number of thiophene rings is 1. The van der Waals surface area contributed by atoms with E-state index in [1.54, 1.807) is 16.2 Å². The fraction of sp³-hybridized carbons (Fsp3) is 0.333. The topological polar surface area (TPSA) is 49.4 Å². The highest BCUT2D eigenvalue weighted by atomic mass is 32.1. The van der Waals surface area contributed by atoms with Crippen molar-refractivity contribution in [1.29, 1.82) is 0 Å². The molecule has 0 bridgehead atoms. The van der Waals surface area contributed by atoms with E-state index in [0.717, 1.165) is 53.8 Å². The number of anilines is 1. The number of amides is 2. The largest absolute Gasteiger partial charge is 0.351 e. The maximum Gasteiger partial charge on any atom is 0.248 e. The summed E-state index contributed by atoms with van der Waals surface area (Å²) in [6.07, 6.45) is 5.34. The molecule has 1 saturated carbocycles. The van der Waals surface area contributed by atoms with E-state index >= 15 is 0 Å². The number of carbonyl (C=O) groups is 2. The van der Waals surface area contributed by atoms with Gasteiger partial charge in [0, 0.05) is 16.6 Å². The van der Waals surface area contributed by atoms with Crippen LogP contribution in [0.3, 0.4) is 0 Å². The van der Waals surface area contributed by atoms with E-state index in [9.17, 15) is 9.59 Å². The van der Waals surface area contributed by atoms with Crippen molar-refractivity contribution >= 4 is 28.8 Å². The lowest BCUT2D eigenvalue weighted by atomic mass is 10.00. The Labute approximate surface area is 194 Å². The Kier molecular flexibility index (Phi) is 7.38. The van der Waals surface area contributed by atoms with Gasteiger partial charge in [0.2, 0.25) is 11.8 Å². The zero-order valence-electron chi connectivity index (χ0n) is 18.5. The fourth-order valence-corrected chi connectivity index (χ4v) is 5.21. The zero-order valence-corrected chi connectivity index (χ0v) is 19.3. The fourth-order valence-electron chi connectivity index (χ4n) is 4.51. The first-order chi connectivity index (χ1) is 15.7. The Balaban J connectivity index is 1.77. The van der Waals surface area contributed by atoms with Gasteiger partial charge in [0.25, 0.3) is 0 Å². The van der Waals surface area contributed by atoms with Crippen molar-refractivity contribution in [3.05, 3.63) is 88.1 Å². The molecule has 5 heteroatoms. The minimum Gasteiger partial charge on any atom is -0.351 e. The smallest absolute Gasteiger partial charge is 0.248 e. The molecular weight excluding hydrogens is 416 g/mol. The van der Waals surface area contributed by atoms with Crippen molar-refractivity contribution in [1.82, 2.24) is 5.32 Å². The molecule has 0 aliphatic heterocycles. The Bertz CT molecular complexity index is 1030. The molecule has 0 saturated heterocycles. The molecule has 4 rings (SSSR count). The van der Waals surface area contributed by atoms with Gasteiger partial charge in [-0.3, -0.25) is 14.5 Å². The van der Waals surface area contributed by atoms with Crippen LogP contribution in [0.2, 0.25) is 0 Å². The minimum absolute atomic E-state index is 0.0659. The first kappa shape index (κ1) is 22.3. The molecule has 166 valence electrons. The summed E-state index contributed by atoms with van der Waals surface area (Å²) >= 11 is 1.57. The Morgan fingerprint density at radius 2 is 1.72 bits per heavy atom. The number of carbonyl (C=O) groups excluding carboxylic acids is 2. The van der Waals surface area contributed by atoms with Crippen molar-refractivity contribution < 1.29 is 9.59 Å². The molecule has 32 heavy (non-hydrogen) atoms. The number of benzene rings is 2. The van der Waals surface area contributed by atoms with Crippen LogP contribution in [0.1, 0.15) is 54.7 Å². The lowest BCUT2D eigenvalue weighted by Gasteiger charge is -2.33. The van der Waals surface area contributed by atoms with Crippen LogP contribution >= 0.6 is 11.3 Å². The first-order valence-corrected chi connectivity index (χ1v) is 12.3. The summed E-state index contributed by atoms with van der Waals surface area (Å²) in [5.41, 5.74) is 2.70. The highest BCUT2D eigenvalue weighted by Gasteiger charge is 2.35. The first-order valence-electron chi connectivity index (χ1n) is 11.4.